The van der Waals surface area contributed by atoms with E-state index in [1.165, 1.54) is 31.4 Å². The second kappa shape index (κ2) is 11.2. The van der Waals surface area contributed by atoms with Gasteiger partial charge in [-0.15, -0.1) is 0 Å². The summed E-state index contributed by atoms with van der Waals surface area (Å²) >= 11 is 13.0. The van der Waals surface area contributed by atoms with E-state index in [2.05, 4.69) is 0 Å². The zero-order valence-corrected chi connectivity index (χ0v) is 22.0. The molecule has 1 aliphatic rings. The first-order chi connectivity index (χ1) is 18.4. The van der Waals surface area contributed by atoms with E-state index in [-0.39, 0.29) is 22.9 Å². The van der Waals surface area contributed by atoms with Gasteiger partial charge in [0, 0.05) is 21.7 Å². The molecule has 0 aromatic heterocycles. The number of rotatable bonds is 7. The number of nitro benzene ring substituents is 1. The van der Waals surface area contributed by atoms with Gasteiger partial charge in [0.15, 0.2) is 11.5 Å². The third-order valence-corrected chi connectivity index (χ3v) is 7.06. The number of halogens is 5. The lowest BCUT2D eigenvalue weighted by molar-refractivity contribution is -0.385. The number of nitro groups is 1. The van der Waals surface area contributed by atoms with Gasteiger partial charge in [-0.1, -0.05) is 35.3 Å². The van der Waals surface area contributed by atoms with Gasteiger partial charge in [-0.25, -0.2) is 0 Å². The molecule has 1 heterocycles. The largest absolute Gasteiger partial charge is 0.493 e. The Hall–Kier alpha value is -3.74. The molecular weight excluding hydrogens is 584 g/mol. The Morgan fingerprint density at radius 2 is 1.69 bits per heavy atom. The summed E-state index contributed by atoms with van der Waals surface area (Å²) in [5.74, 6) is -0.960. The van der Waals surface area contributed by atoms with Crippen molar-refractivity contribution >= 4 is 57.9 Å². The molecule has 39 heavy (non-hydrogen) atoms. The summed E-state index contributed by atoms with van der Waals surface area (Å²) in [7, 11) is 1.29. The number of thioether (sulfide) groups is 1. The van der Waals surface area contributed by atoms with E-state index in [1.807, 2.05) is 0 Å². The Kier molecular flexibility index (Phi) is 8.09. The van der Waals surface area contributed by atoms with Crippen molar-refractivity contribution in [1.82, 2.24) is 4.90 Å². The van der Waals surface area contributed by atoms with Gasteiger partial charge in [0.1, 0.15) is 0 Å². The second-order valence-electron chi connectivity index (χ2n) is 7.92. The van der Waals surface area contributed by atoms with Crippen LogP contribution < -0.4 is 9.47 Å². The van der Waals surface area contributed by atoms with E-state index >= 15 is 0 Å². The molecule has 4 rings (SSSR count). The number of nitrogens with zero attached hydrogens (tertiary/aromatic N) is 2. The van der Waals surface area contributed by atoms with Crippen molar-refractivity contribution < 1.29 is 37.2 Å². The SMILES string of the molecule is COc1cc(C=C2SC(=O)N(Cc3c(Cl)cccc3Cl)C2=O)ccc1Oc1ccc(C(F)(F)F)cc1[N+](=O)[O-]. The lowest BCUT2D eigenvalue weighted by Gasteiger charge is -2.14. The molecule has 0 aliphatic carbocycles. The number of alkyl halides is 3. The number of carbonyl (C=O) groups is 2. The summed E-state index contributed by atoms with van der Waals surface area (Å²) in [6.07, 6.45) is -3.34. The van der Waals surface area contributed by atoms with Crippen LogP contribution in [0.2, 0.25) is 10.0 Å². The molecule has 0 radical (unpaired) electrons. The van der Waals surface area contributed by atoms with Crippen molar-refractivity contribution in [3.63, 3.8) is 0 Å². The molecule has 1 saturated heterocycles. The fourth-order valence-electron chi connectivity index (χ4n) is 3.53. The maximum absolute atomic E-state index is 13.0. The predicted octanol–water partition coefficient (Wildman–Crippen LogP) is 7.96. The molecular formula is C25H15Cl2F3N2O6S. The molecule has 202 valence electrons. The number of hydrogen-bond acceptors (Lipinski definition) is 7. The van der Waals surface area contributed by atoms with Crippen LogP contribution in [0.25, 0.3) is 6.08 Å². The van der Waals surface area contributed by atoms with Gasteiger partial charge in [0.2, 0.25) is 5.75 Å². The molecule has 8 nitrogen and oxygen atoms in total. The first-order valence-corrected chi connectivity index (χ1v) is 12.4. The number of methoxy groups -OCH3 is 1. The number of amides is 2. The number of carbonyl (C=O) groups excluding carboxylic acids is 2. The molecule has 1 aliphatic heterocycles. The van der Waals surface area contributed by atoms with E-state index in [1.54, 1.807) is 18.2 Å². The molecule has 0 bridgehead atoms. The third-order valence-electron chi connectivity index (χ3n) is 5.44. The summed E-state index contributed by atoms with van der Waals surface area (Å²) in [5, 5.41) is 11.5. The lowest BCUT2D eigenvalue weighted by Crippen LogP contribution is -2.27. The van der Waals surface area contributed by atoms with Crippen LogP contribution >= 0.6 is 35.0 Å². The number of imide groups is 1. The molecule has 3 aromatic carbocycles. The van der Waals surface area contributed by atoms with Crippen molar-refractivity contribution in [2.24, 2.45) is 0 Å². The van der Waals surface area contributed by atoms with E-state index in [4.69, 9.17) is 32.7 Å². The van der Waals surface area contributed by atoms with Crippen LogP contribution in [0, 0.1) is 10.1 Å². The Balaban J connectivity index is 1.59. The highest BCUT2D eigenvalue weighted by atomic mass is 35.5. The van der Waals surface area contributed by atoms with Crippen molar-refractivity contribution in [2.45, 2.75) is 12.7 Å². The molecule has 3 aromatic rings. The highest BCUT2D eigenvalue weighted by Crippen LogP contribution is 2.41. The molecule has 0 atom stereocenters. The fourth-order valence-corrected chi connectivity index (χ4v) is 4.88. The molecule has 2 amide bonds. The summed E-state index contributed by atoms with van der Waals surface area (Å²) < 4.78 is 49.8. The summed E-state index contributed by atoms with van der Waals surface area (Å²) in [5.41, 5.74) is -1.25. The molecule has 0 spiro atoms. The average molecular weight is 599 g/mol. The van der Waals surface area contributed by atoms with Gasteiger partial charge in [0.25, 0.3) is 11.1 Å². The first-order valence-electron chi connectivity index (χ1n) is 10.8. The average Bonchev–Trinajstić information content (AvgIpc) is 3.13. The quantitative estimate of drug-likeness (QED) is 0.154. The van der Waals surface area contributed by atoms with Gasteiger partial charge in [-0.3, -0.25) is 24.6 Å². The van der Waals surface area contributed by atoms with Crippen LogP contribution in [-0.2, 0) is 17.5 Å². The Labute approximate surface area is 233 Å². The van der Waals surface area contributed by atoms with Crippen LogP contribution in [0.5, 0.6) is 17.2 Å². The van der Waals surface area contributed by atoms with Gasteiger partial charge in [-0.05, 0) is 59.8 Å². The highest BCUT2D eigenvalue weighted by Gasteiger charge is 2.36. The maximum Gasteiger partial charge on any atom is 0.416 e. The van der Waals surface area contributed by atoms with Crippen LogP contribution in [0.15, 0.2) is 59.5 Å². The smallest absolute Gasteiger partial charge is 0.416 e. The number of ether oxygens (including phenoxy) is 2. The van der Waals surface area contributed by atoms with E-state index in [0.29, 0.717) is 45.1 Å². The molecule has 0 saturated carbocycles. The number of benzene rings is 3. The normalized spacial score (nSPS) is 14.7. The van der Waals surface area contributed by atoms with Crippen LogP contribution in [0.1, 0.15) is 16.7 Å². The van der Waals surface area contributed by atoms with E-state index in [0.717, 1.165) is 11.0 Å². The topological polar surface area (TPSA) is 99.0 Å². The van der Waals surface area contributed by atoms with Crippen molar-refractivity contribution in [2.75, 3.05) is 7.11 Å². The lowest BCUT2D eigenvalue weighted by atomic mass is 10.1. The van der Waals surface area contributed by atoms with Crippen LogP contribution in [0.3, 0.4) is 0 Å². The van der Waals surface area contributed by atoms with E-state index < -0.39 is 39.2 Å². The summed E-state index contributed by atoms with van der Waals surface area (Å²) in [6.45, 7) is -0.122. The van der Waals surface area contributed by atoms with Crippen molar-refractivity contribution in [3.8, 4) is 17.2 Å². The minimum Gasteiger partial charge on any atom is -0.493 e. The van der Waals surface area contributed by atoms with E-state index in [9.17, 15) is 32.9 Å². The standard InChI is InChI=1S/C25H15Cl2F3N2O6S/c1-37-21-9-13(5-7-20(21)38-19-8-6-14(25(28,29)30)11-18(19)32(35)36)10-22-23(33)31(24(34)39-22)12-15-16(26)3-2-4-17(15)27/h2-11H,12H2,1H3. The van der Waals surface area contributed by atoms with Gasteiger partial charge < -0.3 is 9.47 Å². The van der Waals surface area contributed by atoms with Crippen molar-refractivity contribution in [3.05, 3.63) is 96.4 Å². The molecule has 0 unspecified atom stereocenters. The molecule has 0 N–H and O–H groups in total. The Morgan fingerprint density at radius 1 is 1.03 bits per heavy atom. The van der Waals surface area contributed by atoms with Crippen LogP contribution in [0.4, 0.5) is 23.7 Å². The van der Waals surface area contributed by atoms with Gasteiger partial charge >= 0.3 is 11.9 Å². The molecule has 14 heteroatoms. The molecule has 1 fully saturated rings. The number of hydrogen-bond donors (Lipinski definition) is 0. The fraction of sp³-hybridized carbons (Fsp3) is 0.120. The second-order valence-corrected chi connectivity index (χ2v) is 9.73. The zero-order valence-electron chi connectivity index (χ0n) is 19.6. The van der Waals surface area contributed by atoms with Gasteiger partial charge in [0.05, 0.1) is 29.0 Å². The Bertz CT molecular complexity index is 1510. The minimum atomic E-state index is -4.78. The minimum absolute atomic E-state index is 0.0287. The van der Waals surface area contributed by atoms with Gasteiger partial charge in [-0.2, -0.15) is 13.2 Å². The summed E-state index contributed by atoms with van der Waals surface area (Å²) in [6, 6.07) is 11.0. The third kappa shape index (κ3) is 6.13. The summed E-state index contributed by atoms with van der Waals surface area (Å²) in [4.78, 5) is 37.0. The Morgan fingerprint density at radius 3 is 2.31 bits per heavy atom. The zero-order chi connectivity index (χ0) is 28.5. The van der Waals surface area contributed by atoms with Crippen LogP contribution in [-0.4, -0.2) is 28.1 Å². The first kappa shape index (κ1) is 28.3. The van der Waals surface area contributed by atoms with Crippen molar-refractivity contribution in [1.29, 1.82) is 0 Å². The monoisotopic (exact) mass is 598 g/mol. The predicted molar refractivity (Wildman–Crippen MR) is 139 cm³/mol. The highest BCUT2D eigenvalue weighted by molar-refractivity contribution is 8.18. The maximum atomic E-state index is 13.0.